The molecule has 0 aliphatic carbocycles. The zero-order valence-corrected chi connectivity index (χ0v) is 11.0. The third-order valence-electron chi connectivity index (χ3n) is 2.74. The number of rotatable bonds is 3. The van der Waals surface area contributed by atoms with E-state index in [0.29, 0.717) is 5.82 Å². The second-order valence-corrected chi connectivity index (χ2v) is 5.79. The van der Waals surface area contributed by atoms with Crippen molar-refractivity contribution in [1.82, 2.24) is 9.55 Å². The van der Waals surface area contributed by atoms with Gasteiger partial charge in [-0.2, -0.15) is 0 Å². The van der Waals surface area contributed by atoms with Crippen molar-refractivity contribution in [1.29, 1.82) is 0 Å². The summed E-state index contributed by atoms with van der Waals surface area (Å²) in [5.74, 6) is 0.683. The van der Waals surface area contributed by atoms with Crippen LogP contribution in [0.3, 0.4) is 0 Å². The molecule has 0 unspecified atom stereocenters. The fourth-order valence-corrected chi connectivity index (χ4v) is 2.31. The summed E-state index contributed by atoms with van der Waals surface area (Å²) in [6.45, 7) is 0. The van der Waals surface area contributed by atoms with E-state index in [-0.39, 0.29) is 6.42 Å². The highest BCUT2D eigenvalue weighted by Gasteiger charge is 2.34. The number of aromatic nitrogens is 2. The number of nitrogens with zero attached hydrogens (tertiary/aromatic N) is 1. The first-order valence-corrected chi connectivity index (χ1v) is 7.34. The lowest BCUT2D eigenvalue weighted by Crippen LogP contribution is -2.34. The molecule has 2 rings (SSSR count). The lowest BCUT2D eigenvalue weighted by atomic mass is 10.2. The maximum Gasteiger partial charge on any atom is 0.348 e. The molecule has 1 aromatic heterocycles. The molecule has 0 spiro atoms. The maximum atomic E-state index is 11.6. The van der Waals surface area contributed by atoms with E-state index in [1.54, 1.807) is 0 Å². The van der Waals surface area contributed by atoms with Crippen molar-refractivity contribution < 1.29 is 24.2 Å². The number of hydrogen-bond donors (Lipinski definition) is 4. The second-order valence-electron chi connectivity index (χ2n) is 4.32. The lowest BCUT2D eigenvalue weighted by molar-refractivity contribution is -0.0280. The highest BCUT2D eigenvalue weighted by Crippen LogP contribution is 2.37. The van der Waals surface area contributed by atoms with Crippen LogP contribution in [0.25, 0.3) is 0 Å². The van der Waals surface area contributed by atoms with E-state index >= 15 is 0 Å². The Morgan fingerprint density at radius 1 is 1.45 bits per heavy atom. The van der Waals surface area contributed by atoms with Crippen LogP contribution in [0.1, 0.15) is 12.6 Å². The first-order valence-electron chi connectivity index (χ1n) is 5.66. The Kier molecular flexibility index (Phi) is 4.07. The van der Waals surface area contributed by atoms with Gasteiger partial charge in [0.15, 0.2) is 6.23 Å². The van der Waals surface area contributed by atoms with Gasteiger partial charge in [-0.15, -0.1) is 0 Å². The number of aromatic amines is 1. The summed E-state index contributed by atoms with van der Waals surface area (Å²) in [4.78, 5) is 42.0. The molecule has 0 saturated carbocycles. The Hall–Kier alpha value is -1.51. The van der Waals surface area contributed by atoms with Gasteiger partial charge in [0.25, 0.3) is 5.56 Å². The molecular formula is C10H13N2O7P. The molecule has 1 aromatic rings. The topological polar surface area (TPSA) is 142 Å². The standard InChI is InChI=1S/C10H13N2O7P/c13-7-5-6(2-4-20(16,17)18)19-9(7)12-3-1-8(14)11-10(12)15/h1-4,6-7,9,13H,5H2,(H,11,14,15)(H2,16,17,18)/t6-,7-,9-/m1/s1. The van der Waals surface area contributed by atoms with Gasteiger partial charge >= 0.3 is 13.3 Å². The number of aliphatic hydroxyl groups is 1. The number of nitrogens with one attached hydrogen (secondary N) is 1. The number of ether oxygens (including phenoxy) is 1. The van der Waals surface area contributed by atoms with Gasteiger partial charge in [-0.1, -0.05) is 0 Å². The Labute approximate surface area is 112 Å². The first kappa shape index (κ1) is 14.9. The van der Waals surface area contributed by atoms with Crippen LogP contribution in [0.5, 0.6) is 0 Å². The van der Waals surface area contributed by atoms with E-state index in [1.807, 2.05) is 4.98 Å². The Morgan fingerprint density at radius 2 is 2.15 bits per heavy atom. The third kappa shape index (κ3) is 3.53. The van der Waals surface area contributed by atoms with Crippen molar-refractivity contribution in [3.8, 4) is 0 Å². The minimum Gasteiger partial charge on any atom is -0.388 e. The predicted molar refractivity (Wildman–Crippen MR) is 67.0 cm³/mol. The summed E-state index contributed by atoms with van der Waals surface area (Å²) in [7, 11) is -4.30. The molecule has 0 bridgehead atoms. The minimum absolute atomic E-state index is 0.0761. The number of aliphatic hydroxyl groups excluding tert-OH is 1. The van der Waals surface area contributed by atoms with Gasteiger partial charge in [-0.3, -0.25) is 18.9 Å². The molecule has 4 N–H and O–H groups in total. The normalized spacial score (nSPS) is 27.2. The van der Waals surface area contributed by atoms with Crippen molar-refractivity contribution in [2.45, 2.75) is 24.9 Å². The van der Waals surface area contributed by atoms with Gasteiger partial charge in [0.1, 0.15) is 6.10 Å². The zero-order valence-electron chi connectivity index (χ0n) is 10.1. The monoisotopic (exact) mass is 304 g/mol. The Bertz CT molecular complexity index is 673. The zero-order chi connectivity index (χ0) is 14.9. The quantitative estimate of drug-likeness (QED) is 0.518. The molecule has 1 aliphatic heterocycles. The molecule has 1 fully saturated rings. The fraction of sp³-hybridized carbons (Fsp3) is 0.400. The smallest absolute Gasteiger partial charge is 0.348 e. The Balaban J connectivity index is 2.19. The second kappa shape index (κ2) is 5.47. The van der Waals surface area contributed by atoms with Gasteiger partial charge in [-0.05, 0) is 6.08 Å². The summed E-state index contributed by atoms with van der Waals surface area (Å²) in [6, 6.07) is 1.11. The van der Waals surface area contributed by atoms with Gasteiger partial charge in [-0.25, -0.2) is 4.79 Å². The van der Waals surface area contributed by atoms with Crippen LogP contribution in [0.15, 0.2) is 33.7 Å². The summed E-state index contributed by atoms with van der Waals surface area (Å²) < 4.78 is 17.1. The molecule has 0 radical (unpaired) electrons. The average molecular weight is 304 g/mol. The summed E-state index contributed by atoms with van der Waals surface area (Å²) >= 11 is 0. The van der Waals surface area contributed by atoms with E-state index < -0.39 is 37.3 Å². The van der Waals surface area contributed by atoms with Crippen LogP contribution in [0, 0.1) is 0 Å². The molecule has 0 aromatic carbocycles. The van der Waals surface area contributed by atoms with Crippen LogP contribution in [0.4, 0.5) is 0 Å². The van der Waals surface area contributed by atoms with E-state index in [4.69, 9.17) is 14.5 Å². The molecule has 9 nitrogen and oxygen atoms in total. The van der Waals surface area contributed by atoms with Crippen LogP contribution < -0.4 is 11.2 Å². The van der Waals surface area contributed by atoms with E-state index in [9.17, 15) is 19.3 Å². The SMILES string of the molecule is O=c1ccn([C@@H]2O[C@H](C=CP(=O)(O)O)C[C@H]2O)c(=O)[nH]1. The van der Waals surface area contributed by atoms with Gasteiger partial charge < -0.3 is 19.6 Å². The summed E-state index contributed by atoms with van der Waals surface area (Å²) in [5, 5.41) is 9.83. The van der Waals surface area contributed by atoms with E-state index in [2.05, 4.69) is 0 Å². The lowest BCUT2D eigenvalue weighted by Gasteiger charge is -2.16. The maximum absolute atomic E-state index is 11.6. The van der Waals surface area contributed by atoms with Crippen LogP contribution >= 0.6 is 7.60 Å². The van der Waals surface area contributed by atoms with Crippen LogP contribution in [0.2, 0.25) is 0 Å². The van der Waals surface area contributed by atoms with Gasteiger partial charge in [0, 0.05) is 24.5 Å². The largest absolute Gasteiger partial charge is 0.388 e. The molecule has 10 heteroatoms. The molecule has 1 saturated heterocycles. The van der Waals surface area contributed by atoms with Gasteiger partial charge in [0.05, 0.1) is 6.10 Å². The number of hydrogen-bond acceptors (Lipinski definition) is 5. The molecule has 20 heavy (non-hydrogen) atoms. The summed E-state index contributed by atoms with van der Waals surface area (Å²) in [6.07, 6.45) is -0.394. The van der Waals surface area contributed by atoms with Crippen molar-refractivity contribution in [3.05, 3.63) is 45.0 Å². The molecular weight excluding hydrogens is 291 g/mol. The molecule has 2 heterocycles. The van der Waals surface area contributed by atoms with Crippen molar-refractivity contribution in [3.63, 3.8) is 0 Å². The summed E-state index contributed by atoms with van der Waals surface area (Å²) in [5.41, 5.74) is -1.31. The molecule has 1 aliphatic rings. The van der Waals surface area contributed by atoms with Gasteiger partial charge in [0.2, 0.25) is 0 Å². The molecule has 0 amide bonds. The Morgan fingerprint density at radius 3 is 2.75 bits per heavy atom. The highest BCUT2D eigenvalue weighted by atomic mass is 31.2. The van der Waals surface area contributed by atoms with Crippen LogP contribution in [-0.2, 0) is 9.30 Å². The minimum atomic E-state index is -4.30. The van der Waals surface area contributed by atoms with E-state index in [1.165, 1.54) is 6.20 Å². The third-order valence-corrected chi connectivity index (χ3v) is 3.30. The molecule has 3 atom stereocenters. The van der Waals surface area contributed by atoms with E-state index in [0.717, 1.165) is 16.7 Å². The fourth-order valence-electron chi connectivity index (χ4n) is 1.89. The highest BCUT2D eigenvalue weighted by molar-refractivity contribution is 7.55. The molecule has 110 valence electrons. The number of H-pyrrole nitrogens is 1. The van der Waals surface area contributed by atoms with Crippen molar-refractivity contribution in [2.75, 3.05) is 0 Å². The van der Waals surface area contributed by atoms with Crippen molar-refractivity contribution in [2.24, 2.45) is 0 Å². The predicted octanol–water partition coefficient (Wildman–Crippen LogP) is -1.12. The first-order chi connectivity index (χ1) is 9.26. The average Bonchev–Trinajstić information content (AvgIpc) is 2.67. The van der Waals surface area contributed by atoms with Crippen molar-refractivity contribution >= 4 is 7.60 Å². The van der Waals surface area contributed by atoms with Crippen LogP contribution in [-0.4, -0.2) is 36.7 Å².